The minimum Gasteiger partial charge on any atom is -0.323 e. The molecule has 0 atom stereocenters. The van der Waals surface area contributed by atoms with Gasteiger partial charge in [0.05, 0.1) is 23.4 Å². The van der Waals surface area contributed by atoms with E-state index in [9.17, 15) is 24.5 Å². The van der Waals surface area contributed by atoms with Crippen LogP contribution in [-0.2, 0) is 17.9 Å². The van der Waals surface area contributed by atoms with Crippen molar-refractivity contribution in [3.63, 3.8) is 0 Å². The van der Waals surface area contributed by atoms with Crippen LogP contribution in [0.3, 0.4) is 0 Å². The Bertz CT molecular complexity index is 1200. The summed E-state index contributed by atoms with van der Waals surface area (Å²) in [5, 5.41) is 13.9. The lowest BCUT2D eigenvalue weighted by Gasteiger charge is -2.11. The van der Waals surface area contributed by atoms with Crippen LogP contribution in [0.4, 0.5) is 11.4 Å². The highest BCUT2D eigenvalue weighted by atomic mass is 35.5. The molecule has 0 bridgehead atoms. The number of nitrogens with zero attached hydrogens (tertiary/aromatic N) is 3. The summed E-state index contributed by atoms with van der Waals surface area (Å²) in [6.45, 7) is -0.198. The molecular weight excluding hydrogens is 400 g/mol. The van der Waals surface area contributed by atoms with Crippen molar-refractivity contribution in [3.05, 3.63) is 102 Å². The number of carbonyl (C=O) groups is 1. The van der Waals surface area contributed by atoms with Gasteiger partial charge in [0.25, 0.3) is 16.8 Å². The van der Waals surface area contributed by atoms with E-state index in [2.05, 4.69) is 5.32 Å². The molecule has 0 aliphatic carbocycles. The summed E-state index contributed by atoms with van der Waals surface area (Å²) >= 11 is 6.13. The van der Waals surface area contributed by atoms with Crippen molar-refractivity contribution < 1.29 is 9.72 Å². The Labute approximate surface area is 168 Å². The first-order chi connectivity index (χ1) is 13.8. The summed E-state index contributed by atoms with van der Waals surface area (Å²) in [6.07, 6.45) is 2.46. The second-order valence-corrected chi connectivity index (χ2v) is 6.54. The van der Waals surface area contributed by atoms with E-state index in [1.165, 1.54) is 22.9 Å². The Morgan fingerprint density at radius 2 is 1.69 bits per heavy atom. The molecule has 148 valence electrons. The molecular formula is C19H15ClN4O5. The normalized spacial score (nSPS) is 10.5. The van der Waals surface area contributed by atoms with Crippen molar-refractivity contribution in [2.45, 2.75) is 13.1 Å². The Morgan fingerprint density at radius 1 is 1.00 bits per heavy atom. The predicted octanol–water partition coefficient (Wildman–Crippen LogP) is 2.26. The number of pyridine rings is 2. The molecule has 2 aromatic heterocycles. The van der Waals surface area contributed by atoms with Crippen molar-refractivity contribution in [2.24, 2.45) is 0 Å². The molecule has 1 N–H and O–H groups in total. The molecule has 0 fully saturated rings. The van der Waals surface area contributed by atoms with Crippen molar-refractivity contribution >= 4 is 28.9 Å². The number of aromatic nitrogens is 2. The summed E-state index contributed by atoms with van der Waals surface area (Å²) < 4.78 is 2.32. The molecule has 0 spiro atoms. The van der Waals surface area contributed by atoms with E-state index in [-0.39, 0.29) is 17.8 Å². The van der Waals surface area contributed by atoms with Crippen molar-refractivity contribution in [1.29, 1.82) is 0 Å². The zero-order valence-corrected chi connectivity index (χ0v) is 15.7. The molecule has 3 aromatic rings. The fourth-order valence-corrected chi connectivity index (χ4v) is 2.84. The molecule has 0 saturated heterocycles. The maximum Gasteiger partial charge on any atom is 0.285 e. The average Bonchev–Trinajstić information content (AvgIpc) is 2.67. The number of carbonyl (C=O) groups excluding carboxylic acids is 1. The van der Waals surface area contributed by atoms with Crippen LogP contribution >= 0.6 is 11.6 Å². The van der Waals surface area contributed by atoms with Crippen LogP contribution in [0, 0.1) is 10.1 Å². The largest absolute Gasteiger partial charge is 0.323 e. The minimum atomic E-state index is -0.654. The summed E-state index contributed by atoms with van der Waals surface area (Å²) in [4.78, 5) is 46.4. The quantitative estimate of drug-likeness (QED) is 0.490. The lowest BCUT2D eigenvalue weighted by atomic mass is 10.2. The first-order valence-electron chi connectivity index (χ1n) is 8.42. The molecule has 2 heterocycles. The third kappa shape index (κ3) is 4.96. The van der Waals surface area contributed by atoms with Crippen molar-refractivity contribution in [1.82, 2.24) is 9.13 Å². The van der Waals surface area contributed by atoms with E-state index in [0.717, 1.165) is 28.5 Å². The van der Waals surface area contributed by atoms with Gasteiger partial charge < -0.3 is 9.88 Å². The van der Waals surface area contributed by atoms with E-state index in [0.29, 0.717) is 10.7 Å². The SMILES string of the molecule is O=C(Cn1cc([N+](=O)[O-])ccc1=O)Nc1ccc(=O)n(Cc2ccccc2Cl)c1. The predicted molar refractivity (Wildman–Crippen MR) is 107 cm³/mol. The molecule has 0 aliphatic heterocycles. The first kappa shape index (κ1) is 20.0. The lowest BCUT2D eigenvalue weighted by molar-refractivity contribution is -0.385. The molecule has 1 aromatic carbocycles. The van der Waals surface area contributed by atoms with Gasteiger partial charge >= 0.3 is 0 Å². The van der Waals surface area contributed by atoms with Gasteiger partial charge in [-0.1, -0.05) is 29.8 Å². The molecule has 0 saturated carbocycles. The van der Waals surface area contributed by atoms with E-state index in [1.54, 1.807) is 24.3 Å². The molecule has 10 heteroatoms. The minimum absolute atomic E-state index is 0.215. The summed E-state index contributed by atoms with van der Waals surface area (Å²) in [6, 6.07) is 11.9. The van der Waals surface area contributed by atoms with Gasteiger partial charge in [-0.3, -0.25) is 29.1 Å². The van der Waals surface area contributed by atoms with E-state index in [1.807, 2.05) is 0 Å². The van der Waals surface area contributed by atoms with Crippen LogP contribution in [-0.4, -0.2) is 20.0 Å². The Kier molecular flexibility index (Phi) is 5.89. The molecule has 29 heavy (non-hydrogen) atoms. The maximum atomic E-state index is 12.3. The molecule has 1 amide bonds. The number of hydrogen-bond acceptors (Lipinski definition) is 5. The van der Waals surface area contributed by atoms with Crippen LogP contribution < -0.4 is 16.4 Å². The van der Waals surface area contributed by atoms with Gasteiger partial charge in [-0.2, -0.15) is 0 Å². The maximum absolute atomic E-state index is 12.3. The highest BCUT2D eigenvalue weighted by Gasteiger charge is 2.11. The standard InChI is InChI=1S/C19H15ClN4O5/c20-16-4-2-1-3-13(16)9-22-10-14(5-7-18(22)26)21-17(25)12-23-11-15(24(28)29)6-8-19(23)27/h1-8,10-11H,9,12H2,(H,21,25). The molecule has 3 rings (SSSR count). The Hall–Kier alpha value is -3.72. The zero-order chi connectivity index (χ0) is 21.0. The van der Waals surface area contributed by atoms with Crippen LogP contribution in [0.25, 0.3) is 0 Å². The smallest absolute Gasteiger partial charge is 0.285 e. The second-order valence-electron chi connectivity index (χ2n) is 6.13. The van der Waals surface area contributed by atoms with Gasteiger partial charge in [0.15, 0.2) is 0 Å². The number of benzene rings is 1. The number of rotatable bonds is 6. The topological polar surface area (TPSA) is 116 Å². The summed E-state index contributed by atoms with van der Waals surface area (Å²) in [5.74, 6) is -0.574. The monoisotopic (exact) mass is 414 g/mol. The Morgan fingerprint density at radius 3 is 2.41 bits per heavy atom. The van der Waals surface area contributed by atoms with Gasteiger partial charge in [-0.25, -0.2) is 0 Å². The van der Waals surface area contributed by atoms with Gasteiger partial charge in [0.1, 0.15) is 6.54 Å². The van der Waals surface area contributed by atoms with E-state index < -0.39 is 22.9 Å². The number of nitrogens with one attached hydrogen (secondary N) is 1. The molecule has 0 radical (unpaired) electrons. The lowest BCUT2D eigenvalue weighted by Crippen LogP contribution is -2.27. The Balaban J connectivity index is 1.77. The van der Waals surface area contributed by atoms with Gasteiger partial charge in [0, 0.05) is 29.4 Å². The average molecular weight is 415 g/mol. The highest BCUT2D eigenvalue weighted by molar-refractivity contribution is 6.31. The van der Waals surface area contributed by atoms with E-state index >= 15 is 0 Å². The second kappa shape index (κ2) is 8.53. The highest BCUT2D eigenvalue weighted by Crippen LogP contribution is 2.16. The third-order valence-electron chi connectivity index (χ3n) is 4.06. The fourth-order valence-electron chi connectivity index (χ4n) is 2.64. The molecule has 0 unspecified atom stereocenters. The van der Waals surface area contributed by atoms with Crippen LogP contribution in [0.2, 0.25) is 5.02 Å². The van der Waals surface area contributed by atoms with Gasteiger partial charge in [-0.05, 0) is 17.7 Å². The zero-order valence-electron chi connectivity index (χ0n) is 14.9. The number of hydrogen-bond donors (Lipinski definition) is 1. The van der Waals surface area contributed by atoms with Gasteiger partial charge in [0.2, 0.25) is 5.91 Å². The first-order valence-corrected chi connectivity index (χ1v) is 8.80. The van der Waals surface area contributed by atoms with Crippen LogP contribution in [0.15, 0.2) is 70.5 Å². The van der Waals surface area contributed by atoms with Crippen molar-refractivity contribution in [3.8, 4) is 0 Å². The number of halogens is 1. The van der Waals surface area contributed by atoms with E-state index in [4.69, 9.17) is 11.6 Å². The number of amides is 1. The van der Waals surface area contributed by atoms with Gasteiger partial charge in [-0.15, -0.1) is 0 Å². The number of anilines is 1. The third-order valence-corrected chi connectivity index (χ3v) is 4.43. The van der Waals surface area contributed by atoms with Crippen LogP contribution in [0.1, 0.15) is 5.56 Å². The van der Waals surface area contributed by atoms with Crippen molar-refractivity contribution in [2.75, 3.05) is 5.32 Å². The fraction of sp³-hybridized carbons (Fsp3) is 0.105. The molecule has 9 nitrogen and oxygen atoms in total. The molecule has 0 aliphatic rings. The summed E-state index contributed by atoms with van der Waals surface area (Å²) in [5.41, 5.74) is -0.0547. The summed E-state index contributed by atoms with van der Waals surface area (Å²) in [7, 11) is 0. The number of nitro groups is 1. The van der Waals surface area contributed by atoms with Crippen LogP contribution in [0.5, 0.6) is 0 Å².